The highest BCUT2D eigenvalue weighted by Gasteiger charge is 2.28. The van der Waals surface area contributed by atoms with Gasteiger partial charge in [-0.05, 0) is 24.1 Å². The van der Waals surface area contributed by atoms with E-state index >= 15 is 0 Å². The topological polar surface area (TPSA) is 35.6 Å². The molecule has 0 spiro atoms. The summed E-state index contributed by atoms with van der Waals surface area (Å²) in [6.45, 7) is 4.29. The van der Waals surface area contributed by atoms with E-state index in [0.717, 1.165) is 56.3 Å². The second-order valence-electron chi connectivity index (χ2n) is 5.85. The van der Waals surface area contributed by atoms with Crippen LogP contribution in [-0.2, 0) is 11.3 Å². The van der Waals surface area contributed by atoms with Crippen molar-refractivity contribution >= 4 is 42.5 Å². The van der Waals surface area contributed by atoms with Crippen molar-refractivity contribution in [2.75, 3.05) is 37.8 Å². The Hall–Kier alpha value is -0.530. The average molecular weight is 396 g/mol. The van der Waals surface area contributed by atoms with E-state index in [1.165, 1.54) is 12.1 Å². The number of rotatable bonds is 3. The largest absolute Gasteiger partial charge is 0.340 e. The van der Waals surface area contributed by atoms with Crippen molar-refractivity contribution in [3.05, 3.63) is 35.6 Å². The molecule has 3 rings (SSSR count). The monoisotopic (exact) mass is 395 g/mol. The molecule has 136 valence electrons. The Balaban J connectivity index is 0.00000144. The van der Waals surface area contributed by atoms with E-state index in [-0.39, 0.29) is 42.6 Å². The molecule has 2 saturated heterocycles. The number of nitrogens with zero attached hydrogens (tertiary/aromatic N) is 2. The standard InChI is InChI=1S/C16H22FN3OS.2ClH/c17-14-4-2-13(3-5-14)10-19-6-1-7-20(9-8-19)16(21)15-11-22-12-18-15;;/h2-5,15,18H,1,6-12H2;2*1H. The number of halogens is 3. The first-order valence-electron chi connectivity index (χ1n) is 7.79. The molecule has 2 heterocycles. The molecule has 0 aliphatic carbocycles. The minimum atomic E-state index is -0.196. The molecule has 1 unspecified atom stereocenters. The van der Waals surface area contributed by atoms with Gasteiger partial charge in [0.15, 0.2) is 0 Å². The molecule has 24 heavy (non-hydrogen) atoms. The zero-order valence-corrected chi connectivity index (χ0v) is 15.9. The quantitative estimate of drug-likeness (QED) is 0.851. The molecule has 1 amide bonds. The van der Waals surface area contributed by atoms with Crippen LogP contribution in [0.3, 0.4) is 0 Å². The van der Waals surface area contributed by atoms with Crippen LogP contribution in [0.15, 0.2) is 24.3 Å². The summed E-state index contributed by atoms with van der Waals surface area (Å²) in [5, 5.41) is 3.25. The predicted octanol–water partition coefficient (Wildman–Crippen LogP) is 2.37. The van der Waals surface area contributed by atoms with Crippen LogP contribution in [0.5, 0.6) is 0 Å². The first-order valence-corrected chi connectivity index (χ1v) is 8.94. The molecule has 0 saturated carbocycles. The van der Waals surface area contributed by atoms with Crippen LogP contribution >= 0.6 is 36.6 Å². The van der Waals surface area contributed by atoms with Gasteiger partial charge in [0, 0.05) is 44.4 Å². The van der Waals surface area contributed by atoms with Crippen LogP contribution in [-0.4, -0.2) is 59.6 Å². The molecule has 2 fully saturated rings. The van der Waals surface area contributed by atoms with Crippen LogP contribution in [0.4, 0.5) is 4.39 Å². The van der Waals surface area contributed by atoms with E-state index in [1.54, 1.807) is 11.8 Å². The molecular weight excluding hydrogens is 372 g/mol. The summed E-state index contributed by atoms with van der Waals surface area (Å²) in [5.74, 6) is 1.81. The van der Waals surface area contributed by atoms with E-state index in [4.69, 9.17) is 0 Å². The van der Waals surface area contributed by atoms with Gasteiger partial charge in [-0.2, -0.15) is 0 Å². The number of hydrogen-bond acceptors (Lipinski definition) is 4. The van der Waals surface area contributed by atoms with E-state index < -0.39 is 0 Å². The zero-order valence-electron chi connectivity index (χ0n) is 13.4. The van der Waals surface area contributed by atoms with Gasteiger partial charge in [-0.25, -0.2) is 4.39 Å². The third-order valence-electron chi connectivity index (χ3n) is 4.23. The Morgan fingerprint density at radius 1 is 1.17 bits per heavy atom. The summed E-state index contributed by atoms with van der Waals surface area (Å²) >= 11 is 1.78. The number of benzene rings is 1. The lowest BCUT2D eigenvalue weighted by atomic mass is 10.2. The SMILES string of the molecule is Cl.Cl.O=C(C1CSCN1)N1CCCN(Cc2ccc(F)cc2)CC1. The van der Waals surface area contributed by atoms with Crippen molar-refractivity contribution in [3.8, 4) is 0 Å². The summed E-state index contributed by atoms with van der Waals surface area (Å²) in [4.78, 5) is 16.8. The second-order valence-corrected chi connectivity index (χ2v) is 6.88. The molecule has 0 radical (unpaired) electrons. The van der Waals surface area contributed by atoms with Gasteiger partial charge in [-0.1, -0.05) is 12.1 Å². The maximum atomic E-state index is 13.0. The van der Waals surface area contributed by atoms with Crippen molar-refractivity contribution in [2.24, 2.45) is 0 Å². The van der Waals surface area contributed by atoms with Crippen molar-refractivity contribution in [1.29, 1.82) is 0 Å². The van der Waals surface area contributed by atoms with Crippen LogP contribution in [0.2, 0.25) is 0 Å². The minimum absolute atomic E-state index is 0. The maximum absolute atomic E-state index is 13.0. The molecule has 1 atom stereocenters. The summed E-state index contributed by atoms with van der Waals surface area (Å²) in [7, 11) is 0. The summed E-state index contributed by atoms with van der Waals surface area (Å²) in [5.41, 5.74) is 1.12. The molecular formula is C16H24Cl2FN3OS. The van der Waals surface area contributed by atoms with Crippen LogP contribution in [0, 0.1) is 5.82 Å². The van der Waals surface area contributed by atoms with Gasteiger partial charge in [-0.15, -0.1) is 36.6 Å². The van der Waals surface area contributed by atoms with E-state index in [1.807, 2.05) is 17.0 Å². The van der Waals surface area contributed by atoms with Crippen LogP contribution in [0.1, 0.15) is 12.0 Å². The van der Waals surface area contributed by atoms with E-state index in [9.17, 15) is 9.18 Å². The number of amides is 1. The first-order chi connectivity index (χ1) is 10.7. The first kappa shape index (κ1) is 21.5. The highest BCUT2D eigenvalue weighted by Crippen LogP contribution is 2.14. The van der Waals surface area contributed by atoms with Gasteiger partial charge >= 0.3 is 0 Å². The lowest BCUT2D eigenvalue weighted by Crippen LogP contribution is -2.46. The number of carbonyl (C=O) groups is 1. The van der Waals surface area contributed by atoms with Gasteiger partial charge in [0.25, 0.3) is 0 Å². The predicted molar refractivity (Wildman–Crippen MR) is 102 cm³/mol. The summed E-state index contributed by atoms with van der Waals surface area (Å²) < 4.78 is 13.0. The summed E-state index contributed by atoms with van der Waals surface area (Å²) in [6.07, 6.45) is 0.993. The molecule has 1 aromatic rings. The molecule has 0 aromatic heterocycles. The molecule has 0 bridgehead atoms. The minimum Gasteiger partial charge on any atom is -0.340 e. The molecule has 2 aliphatic rings. The molecule has 8 heteroatoms. The normalized spacial score (nSPS) is 21.5. The number of hydrogen-bond donors (Lipinski definition) is 1. The van der Waals surface area contributed by atoms with Gasteiger partial charge in [-0.3, -0.25) is 15.0 Å². The van der Waals surface area contributed by atoms with Gasteiger partial charge < -0.3 is 4.90 Å². The highest BCUT2D eigenvalue weighted by molar-refractivity contribution is 7.99. The van der Waals surface area contributed by atoms with Gasteiger partial charge in [0.1, 0.15) is 5.82 Å². The third kappa shape index (κ3) is 5.77. The molecule has 2 aliphatic heterocycles. The average Bonchev–Trinajstić information content (AvgIpc) is 2.96. The molecule has 4 nitrogen and oxygen atoms in total. The van der Waals surface area contributed by atoms with Crippen LogP contribution < -0.4 is 5.32 Å². The fourth-order valence-corrected chi connectivity index (χ4v) is 3.90. The second kappa shape index (κ2) is 10.5. The van der Waals surface area contributed by atoms with Crippen molar-refractivity contribution < 1.29 is 9.18 Å². The number of thioether (sulfide) groups is 1. The van der Waals surface area contributed by atoms with Crippen LogP contribution in [0.25, 0.3) is 0 Å². The van der Waals surface area contributed by atoms with Gasteiger partial charge in [0.2, 0.25) is 5.91 Å². The molecule has 1 aromatic carbocycles. The number of nitrogens with one attached hydrogen (secondary N) is 1. The molecule has 1 N–H and O–H groups in total. The fraction of sp³-hybridized carbons (Fsp3) is 0.562. The summed E-state index contributed by atoms with van der Waals surface area (Å²) in [6, 6.07) is 6.68. The Morgan fingerprint density at radius 3 is 2.58 bits per heavy atom. The Bertz CT molecular complexity index is 515. The Labute approximate surface area is 159 Å². The number of carbonyl (C=O) groups excluding carboxylic acids is 1. The zero-order chi connectivity index (χ0) is 15.4. The fourth-order valence-electron chi connectivity index (χ4n) is 2.97. The maximum Gasteiger partial charge on any atom is 0.240 e. The van der Waals surface area contributed by atoms with Crippen molar-refractivity contribution in [2.45, 2.75) is 19.0 Å². The van der Waals surface area contributed by atoms with E-state index in [0.29, 0.717) is 0 Å². The lowest BCUT2D eigenvalue weighted by molar-refractivity contribution is -0.132. The lowest BCUT2D eigenvalue weighted by Gasteiger charge is -2.24. The van der Waals surface area contributed by atoms with Crippen molar-refractivity contribution in [3.63, 3.8) is 0 Å². The smallest absolute Gasteiger partial charge is 0.240 e. The Kier molecular flexibility index (Phi) is 9.37. The highest BCUT2D eigenvalue weighted by atomic mass is 35.5. The van der Waals surface area contributed by atoms with Gasteiger partial charge in [0.05, 0.1) is 6.04 Å². The van der Waals surface area contributed by atoms with Crippen molar-refractivity contribution in [1.82, 2.24) is 15.1 Å². The van der Waals surface area contributed by atoms with E-state index in [2.05, 4.69) is 10.2 Å². The Morgan fingerprint density at radius 2 is 1.92 bits per heavy atom. The third-order valence-corrected chi connectivity index (χ3v) is 5.17.